The van der Waals surface area contributed by atoms with E-state index in [1.807, 2.05) is 14.1 Å². The molecule has 1 aromatic carbocycles. The van der Waals surface area contributed by atoms with Gasteiger partial charge in [-0.3, -0.25) is 9.69 Å². The summed E-state index contributed by atoms with van der Waals surface area (Å²) in [6.07, 6.45) is 2.08. The third kappa shape index (κ3) is 3.61. The van der Waals surface area contributed by atoms with E-state index < -0.39 is 11.6 Å². The molecule has 1 aliphatic rings. The predicted octanol–water partition coefficient (Wildman–Crippen LogP) is 2.17. The molecule has 0 spiro atoms. The maximum Gasteiger partial charge on any atom is 0.179 e. The molecule has 20 heavy (non-hydrogen) atoms. The summed E-state index contributed by atoms with van der Waals surface area (Å²) in [5.74, 6) is -1.59. The van der Waals surface area contributed by atoms with Crippen molar-refractivity contribution < 1.29 is 13.6 Å². The lowest BCUT2D eigenvalue weighted by molar-refractivity contribution is 0.0906. The van der Waals surface area contributed by atoms with E-state index in [0.29, 0.717) is 6.04 Å². The second kappa shape index (κ2) is 6.41. The fourth-order valence-corrected chi connectivity index (χ4v) is 2.71. The van der Waals surface area contributed by atoms with Crippen LogP contribution in [-0.4, -0.2) is 55.4 Å². The minimum Gasteiger partial charge on any atom is -0.308 e. The van der Waals surface area contributed by atoms with Crippen molar-refractivity contribution >= 4 is 5.78 Å². The van der Waals surface area contributed by atoms with Gasteiger partial charge in [-0.25, -0.2) is 8.78 Å². The first-order valence-corrected chi connectivity index (χ1v) is 6.84. The quantitative estimate of drug-likeness (QED) is 0.773. The van der Waals surface area contributed by atoms with E-state index in [0.717, 1.165) is 44.1 Å². The Kier molecular flexibility index (Phi) is 4.83. The lowest BCUT2D eigenvalue weighted by Crippen LogP contribution is -2.40. The molecule has 1 fully saturated rings. The molecule has 1 atom stereocenters. The number of Topliss-reactive ketones (excluding diaryl/α,β-unsaturated/α-hetero) is 1. The van der Waals surface area contributed by atoms with Gasteiger partial charge in [-0.2, -0.15) is 0 Å². The zero-order valence-corrected chi connectivity index (χ0v) is 11.9. The van der Waals surface area contributed by atoms with Crippen LogP contribution in [0.1, 0.15) is 23.2 Å². The Labute approximate surface area is 118 Å². The van der Waals surface area contributed by atoms with Gasteiger partial charge in [0.2, 0.25) is 0 Å². The second-order valence-corrected chi connectivity index (χ2v) is 5.58. The van der Waals surface area contributed by atoms with E-state index in [4.69, 9.17) is 0 Å². The number of benzene rings is 1. The van der Waals surface area contributed by atoms with Crippen LogP contribution in [0.4, 0.5) is 8.78 Å². The van der Waals surface area contributed by atoms with Crippen LogP contribution in [0.25, 0.3) is 0 Å². The standard InChI is InChI=1S/C15H20F2N2O/c1-18(2)9-12-4-3-7-19(12)10-15(20)13-8-11(16)5-6-14(13)17/h5-6,8,12H,3-4,7,9-10H2,1-2H3. The van der Waals surface area contributed by atoms with Crippen molar-refractivity contribution in [1.82, 2.24) is 9.80 Å². The molecule has 5 heteroatoms. The van der Waals surface area contributed by atoms with Crippen molar-refractivity contribution in [2.45, 2.75) is 18.9 Å². The average molecular weight is 282 g/mol. The number of rotatable bonds is 5. The summed E-state index contributed by atoms with van der Waals surface area (Å²) in [5, 5.41) is 0. The van der Waals surface area contributed by atoms with Gasteiger partial charge in [-0.1, -0.05) is 0 Å². The molecule has 0 aromatic heterocycles. The lowest BCUT2D eigenvalue weighted by atomic mass is 10.1. The number of hydrogen-bond acceptors (Lipinski definition) is 3. The summed E-state index contributed by atoms with van der Waals surface area (Å²) < 4.78 is 26.7. The second-order valence-electron chi connectivity index (χ2n) is 5.58. The van der Waals surface area contributed by atoms with Crippen LogP contribution in [0.5, 0.6) is 0 Å². The van der Waals surface area contributed by atoms with Crippen molar-refractivity contribution in [2.75, 3.05) is 33.7 Å². The fraction of sp³-hybridized carbons (Fsp3) is 0.533. The van der Waals surface area contributed by atoms with Gasteiger partial charge in [0.1, 0.15) is 11.6 Å². The van der Waals surface area contributed by atoms with Gasteiger partial charge in [-0.05, 0) is 51.7 Å². The van der Waals surface area contributed by atoms with E-state index in [-0.39, 0.29) is 17.9 Å². The summed E-state index contributed by atoms with van der Waals surface area (Å²) in [6.45, 7) is 1.86. The molecule has 0 bridgehead atoms. The molecule has 0 N–H and O–H groups in total. The van der Waals surface area contributed by atoms with Crippen LogP contribution in [-0.2, 0) is 0 Å². The van der Waals surface area contributed by atoms with Crippen LogP contribution in [0.2, 0.25) is 0 Å². The van der Waals surface area contributed by atoms with Crippen LogP contribution in [0, 0.1) is 11.6 Å². The van der Waals surface area contributed by atoms with E-state index in [9.17, 15) is 13.6 Å². The maximum absolute atomic E-state index is 13.6. The molecule has 1 aliphatic heterocycles. The molecule has 2 rings (SSSR count). The van der Waals surface area contributed by atoms with Gasteiger partial charge in [0.05, 0.1) is 12.1 Å². The van der Waals surface area contributed by atoms with Crippen molar-refractivity contribution in [3.63, 3.8) is 0 Å². The highest BCUT2D eigenvalue weighted by Crippen LogP contribution is 2.19. The summed E-state index contributed by atoms with van der Waals surface area (Å²) >= 11 is 0. The highest BCUT2D eigenvalue weighted by molar-refractivity contribution is 5.97. The van der Waals surface area contributed by atoms with Gasteiger partial charge < -0.3 is 4.90 Å². The Morgan fingerprint density at radius 3 is 2.85 bits per heavy atom. The fourth-order valence-electron chi connectivity index (χ4n) is 2.71. The summed E-state index contributed by atoms with van der Waals surface area (Å²) in [7, 11) is 3.98. The number of ketones is 1. The summed E-state index contributed by atoms with van der Waals surface area (Å²) in [6, 6.07) is 3.32. The smallest absolute Gasteiger partial charge is 0.179 e. The number of nitrogens with zero attached hydrogens (tertiary/aromatic N) is 2. The molecular weight excluding hydrogens is 262 g/mol. The van der Waals surface area contributed by atoms with Gasteiger partial charge in [0, 0.05) is 12.6 Å². The van der Waals surface area contributed by atoms with Gasteiger partial charge >= 0.3 is 0 Å². The van der Waals surface area contributed by atoms with E-state index in [1.165, 1.54) is 0 Å². The van der Waals surface area contributed by atoms with E-state index >= 15 is 0 Å². The van der Waals surface area contributed by atoms with Crippen LogP contribution >= 0.6 is 0 Å². The molecule has 0 aliphatic carbocycles. The molecule has 0 radical (unpaired) electrons. The zero-order chi connectivity index (χ0) is 14.7. The Morgan fingerprint density at radius 1 is 1.40 bits per heavy atom. The first-order chi connectivity index (χ1) is 9.47. The Balaban J connectivity index is 2.05. The lowest BCUT2D eigenvalue weighted by Gasteiger charge is -2.26. The minimum atomic E-state index is -0.653. The van der Waals surface area contributed by atoms with Gasteiger partial charge in [0.15, 0.2) is 5.78 Å². The molecule has 0 amide bonds. The summed E-state index contributed by atoms with van der Waals surface area (Å²) in [5.41, 5.74) is -0.152. The van der Waals surface area contributed by atoms with Crippen molar-refractivity contribution in [2.24, 2.45) is 0 Å². The largest absolute Gasteiger partial charge is 0.308 e. The number of halogens is 2. The van der Waals surface area contributed by atoms with Crippen LogP contribution < -0.4 is 0 Å². The molecule has 1 heterocycles. The van der Waals surface area contributed by atoms with E-state index in [2.05, 4.69) is 9.80 Å². The Morgan fingerprint density at radius 2 is 2.15 bits per heavy atom. The maximum atomic E-state index is 13.6. The zero-order valence-electron chi connectivity index (χ0n) is 11.9. The van der Waals surface area contributed by atoms with Crippen molar-refractivity contribution in [1.29, 1.82) is 0 Å². The third-order valence-corrected chi connectivity index (χ3v) is 3.65. The van der Waals surface area contributed by atoms with Crippen molar-refractivity contribution in [3.8, 4) is 0 Å². The predicted molar refractivity (Wildman–Crippen MR) is 73.8 cm³/mol. The molecule has 0 saturated carbocycles. The van der Waals surface area contributed by atoms with E-state index in [1.54, 1.807) is 0 Å². The molecule has 3 nitrogen and oxygen atoms in total. The summed E-state index contributed by atoms with van der Waals surface area (Å²) in [4.78, 5) is 16.3. The van der Waals surface area contributed by atoms with Crippen molar-refractivity contribution in [3.05, 3.63) is 35.4 Å². The number of carbonyl (C=O) groups excluding carboxylic acids is 1. The number of likely N-dealkylation sites (N-methyl/N-ethyl adjacent to an activating group) is 1. The number of likely N-dealkylation sites (tertiary alicyclic amines) is 1. The third-order valence-electron chi connectivity index (χ3n) is 3.65. The molecule has 110 valence electrons. The highest BCUT2D eigenvalue weighted by Gasteiger charge is 2.27. The molecule has 1 unspecified atom stereocenters. The SMILES string of the molecule is CN(C)CC1CCCN1CC(=O)c1cc(F)ccc1F. The molecule has 1 saturated heterocycles. The normalized spacial score (nSPS) is 19.8. The Hall–Kier alpha value is -1.33. The first kappa shape index (κ1) is 15.1. The first-order valence-electron chi connectivity index (χ1n) is 6.84. The van der Waals surface area contributed by atoms with Gasteiger partial charge in [0.25, 0.3) is 0 Å². The van der Waals surface area contributed by atoms with Crippen LogP contribution in [0.3, 0.4) is 0 Å². The number of carbonyl (C=O) groups is 1. The molecule has 1 aromatic rings. The highest BCUT2D eigenvalue weighted by atomic mass is 19.1. The topological polar surface area (TPSA) is 23.6 Å². The number of hydrogen-bond donors (Lipinski definition) is 0. The van der Waals surface area contributed by atoms with Gasteiger partial charge in [-0.15, -0.1) is 0 Å². The molecular formula is C15H20F2N2O. The van der Waals surface area contributed by atoms with Crippen LogP contribution in [0.15, 0.2) is 18.2 Å². The average Bonchev–Trinajstić information content (AvgIpc) is 2.78. The monoisotopic (exact) mass is 282 g/mol. The Bertz CT molecular complexity index is 491. The minimum absolute atomic E-state index is 0.152.